The molecule has 0 aliphatic rings. The summed E-state index contributed by atoms with van der Waals surface area (Å²) in [5, 5.41) is -0.617. The summed E-state index contributed by atoms with van der Waals surface area (Å²) < 4.78 is -1.44. The van der Waals surface area contributed by atoms with Crippen molar-refractivity contribution in [2.75, 3.05) is 5.88 Å². The van der Waals surface area contributed by atoms with E-state index in [-0.39, 0.29) is 5.88 Å². The maximum atomic E-state index is 5.41. The van der Waals surface area contributed by atoms with E-state index in [1.165, 1.54) is 0 Å². The third kappa shape index (κ3) is 15.3. The van der Waals surface area contributed by atoms with Crippen LogP contribution in [0.15, 0.2) is 0 Å². The average Bonchev–Trinajstić information content (AvgIpc) is 1.82. The monoisotopic (exact) mass is 346 g/mol. The molecule has 1 unspecified atom stereocenters. The maximum absolute atomic E-state index is 5.41. The van der Waals surface area contributed by atoms with Crippen LogP contribution in [0, 0.1) is 0 Å². The number of halogens is 8. The van der Waals surface area contributed by atoms with Crippen LogP contribution in [-0.2, 0) is 0 Å². The minimum absolute atomic E-state index is 0.137. The normalized spacial score (nSPS) is 13.0. The Balaban J connectivity index is 0. The summed E-state index contributed by atoms with van der Waals surface area (Å²) >= 11 is 24.8. The fourth-order valence-corrected chi connectivity index (χ4v) is 0.787. The lowest BCUT2D eigenvalue weighted by Gasteiger charge is -2.13. The zero-order valence-corrected chi connectivity index (χ0v) is 12.6. The predicted octanol–water partition coefficient (Wildman–Crippen LogP) is 4.89. The second kappa shape index (κ2) is 9.11. The van der Waals surface area contributed by atoms with Gasteiger partial charge in [0.1, 0.15) is 0 Å². The van der Waals surface area contributed by atoms with Crippen molar-refractivity contribution in [2.45, 2.75) is 9.17 Å². The van der Waals surface area contributed by atoms with Crippen LogP contribution in [0.3, 0.4) is 0 Å². The second-order valence-electron chi connectivity index (χ2n) is 1.41. The van der Waals surface area contributed by atoms with Crippen molar-refractivity contribution in [3.63, 3.8) is 0 Å². The highest BCUT2D eigenvalue weighted by atomic mass is 35.8. The third-order valence-electron chi connectivity index (χ3n) is 0.491. The maximum Gasteiger partial charge on any atom is 0.643 e. The standard InChI is InChI=1S/C3H3Cl5.Al.3ClH/c4-1-2(5)3(6,7)8;;;;/h2H,1H2;;3*1H/q;+3;;;/p-3. The summed E-state index contributed by atoms with van der Waals surface area (Å²) in [5.41, 5.74) is 0. The summed E-state index contributed by atoms with van der Waals surface area (Å²) in [6, 6.07) is 0. The molecule has 0 saturated carbocycles. The van der Waals surface area contributed by atoms with Gasteiger partial charge in [-0.3, -0.25) is 0 Å². The van der Waals surface area contributed by atoms with Crippen molar-refractivity contribution < 1.29 is 0 Å². The van der Waals surface area contributed by atoms with Crippen LogP contribution in [0.5, 0.6) is 0 Å². The van der Waals surface area contributed by atoms with Crippen LogP contribution < -0.4 is 0 Å². The quantitative estimate of drug-likeness (QED) is 0.467. The van der Waals surface area contributed by atoms with E-state index >= 15 is 0 Å². The summed E-state index contributed by atoms with van der Waals surface area (Å²) in [7, 11) is 14.8. The van der Waals surface area contributed by atoms with Gasteiger partial charge in [0.15, 0.2) is 0 Å². The Labute approximate surface area is 113 Å². The van der Waals surface area contributed by atoms with E-state index in [0.717, 1.165) is 0 Å². The Morgan fingerprint density at radius 3 is 1.33 bits per heavy atom. The highest BCUT2D eigenvalue weighted by Gasteiger charge is 2.29. The molecule has 0 amide bonds. The first-order valence-corrected chi connectivity index (χ1v) is 9.75. The van der Waals surface area contributed by atoms with Crippen molar-refractivity contribution in [2.24, 2.45) is 0 Å². The molecular formula is C3H3AlCl8. The summed E-state index contributed by atoms with van der Waals surface area (Å²) in [6.45, 7) is 0. The van der Waals surface area contributed by atoms with Gasteiger partial charge >= 0.3 is 11.4 Å². The van der Waals surface area contributed by atoms with E-state index in [9.17, 15) is 0 Å². The summed E-state index contributed by atoms with van der Waals surface area (Å²) in [5.74, 6) is 0.137. The Morgan fingerprint density at radius 2 is 1.33 bits per heavy atom. The molecule has 12 heavy (non-hydrogen) atoms. The molecule has 0 aromatic heterocycles. The Morgan fingerprint density at radius 1 is 1.08 bits per heavy atom. The molecule has 0 aliphatic carbocycles. The van der Waals surface area contributed by atoms with Crippen LogP contribution in [0.4, 0.5) is 0 Å². The zero-order chi connectivity index (χ0) is 10.4. The molecule has 0 fully saturated rings. The Hall–Kier alpha value is 2.85. The first-order valence-electron chi connectivity index (χ1n) is 2.40. The number of rotatable bonds is 1. The molecule has 0 heterocycles. The molecule has 0 aromatic carbocycles. The lowest BCUT2D eigenvalue weighted by Crippen LogP contribution is -2.20. The van der Waals surface area contributed by atoms with Gasteiger partial charge in [-0.25, -0.2) is 30.1 Å². The van der Waals surface area contributed by atoms with E-state index < -0.39 is 20.6 Å². The minimum atomic E-state index is -1.72. The molecule has 0 spiro atoms. The molecule has 1 atom stereocenters. The number of hydrogen-bond acceptors (Lipinski definition) is 0. The van der Waals surface area contributed by atoms with Gasteiger partial charge in [-0.05, 0) is 0 Å². The van der Waals surface area contributed by atoms with Crippen molar-refractivity contribution in [1.82, 2.24) is 0 Å². The third-order valence-corrected chi connectivity index (χ3v) is 2.56. The van der Waals surface area contributed by atoms with E-state index in [4.69, 9.17) is 88.2 Å². The molecule has 0 nitrogen and oxygen atoms in total. The number of alkyl halides is 5. The second-order valence-corrected chi connectivity index (χ2v) is 11.0. The highest BCUT2D eigenvalue weighted by Crippen LogP contribution is 2.34. The molecule has 0 aliphatic heterocycles. The van der Waals surface area contributed by atoms with Gasteiger partial charge in [0.2, 0.25) is 3.79 Å². The van der Waals surface area contributed by atoms with E-state index in [2.05, 4.69) is 0 Å². The number of hydrogen-bond donors (Lipinski definition) is 0. The van der Waals surface area contributed by atoms with Crippen molar-refractivity contribution >= 4 is 99.5 Å². The first kappa shape index (κ1) is 17.3. The topological polar surface area (TPSA) is 0 Å². The van der Waals surface area contributed by atoms with E-state index in [1.54, 1.807) is 0 Å². The van der Waals surface area contributed by atoms with Gasteiger partial charge in [0.05, 0.1) is 5.38 Å². The molecule has 0 radical (unpaired) electrons. The Kier molecular flexibility index (Phi) is 13.1. The fraction of sp³-hybridized carbons (Fsp3) is 1.00. The summed E-state index contributed by atoms with van der Waals surface area (Å²) in [6.07, 6.45) is 0. The van der Waals surface area contributed by atoms with Gasteiger partial charge in [-0.15, -0.1) is 23.2 Å². The van der Waals surface area contributed by atoms with Crippen LogP contribution in [-0.4, -0.2) is 26.4 Å². The highest BCUT2D eigenvalue weighted by molar-refractivity contribution is 7.54. The van der Waals surface area contributed by atoms with Crippen LogP contribution in [0.25, 0.3) is 0 Å². The van der Waals surface area contributed by atoms with Crippen LogP contribution in [0.2, 0.25) is 0 Å². The van der Waals surface area contributed by atoms with Gasteiger partial charge < -0.3 is 0 Å². The summed E-state index contributed by atoms with van der Waals surface area (Å²) in [4.78, 5) is 0. The molecular weight excluding hydrogens is 347 g/mol. The van der Waals surface area contributed by atoms with Gasteiger partial charge in [0, 0.05) is 5.88 Å². The van der Waals surface area contributed by atoms with E-state index in [0.29, 0.717) is 0 Å². The molecule has 0 N–H and O–H groups in total. The first-order chi connectivity index (χ1) is 5.21. The Bertz CT molecular complexity index is 96.2. The smallest absolute Gasteiger partial charge is 0.214 e. The molecule has 0 bridgehead atoms. The fourth-order valence-electron chi connectivity index (χ4n) is 0.0875. The SMILES string of the molecule is ClCC(Cl)C(Cl)(Cl)Cl.[Cl][Al]([Cl])[Cl]. The molecule has 74 valence electrons. The average molecular weight is 350 g/mol. The van der Waals surface area contributed by atoms with Crippen molar-refractivity contribution in [1.29, 1.82) is 0 Å². The van der Waals surface area contributed by atoms with Gasteiger partial charge in [-0.1, -0.05) is 34.8 Å². The molecule has 0 rings (SSSR count). The lowest BCUT2D eigenvalue weighted by atomic mass is 10.5. The molecule has 0 saturated heterocycles. The van der Waals surface area contributed by atoms with Gasteiger partial charge in [-0.2, -0.15) is 0 Å². The van der Waals surface area contributed by atoms with E-state index in [1.807, 2.05) is 0 Å². The largest absolute Gasteiger partial charge is 0.643 e. The van der Waals surface area contributed by atoms with Crippen molar-refractivity contribution in [3.8, 4) is 0 Å². The minimum Gasteiger partial charge on any atom is -0.214 e. The zero-order valence-electron chi connectivity index (χ0n) is 5.39. The predicted molar refractivity (Wildman–Crippen MR) is 64.0 cm³/mol. The molecule has 9 heteroatoms. The van der Waals surface area contributed by atoms with Crippen LogP contribution >= 0.6 is 88.2 Å². The lowest BCUT2D eigenvalue weighted by molar-refractivity contribution is 0.993. The van der Waals surface area contributed by atoms with Crippen LogP contribution in [0.1, 0.15) is 0 Å². The van der Waals surface area contributed by atoms with Crippen molar-refractivity contribution in [3.05, 3.63) is 0 Å². The molecule has 0 aromatic rings. The van der Waals surface area contributed by atoms with Gasteiger partial charge in [0.25, 0.3) is 0 Å².